The van der Waals surface area contributed by atoms with Crippen LogP contribution in [0.3, 0.4) is 0 Å². The van der Waals surface area contributed by atoms with Crippen LogP contribution in [0.15, 0.2) is 36.0 Å². The molecule has 1 aromatic carbocycles. The van der Waals surface area contributed by atoms with Gasteiger partial charge in [0.25, 0.3) is 0 Å². The highest BCUT2D eigenvalue weighted by molar-refractivity contribution is 7.17. The summed E-state index contributed by atoms with van der Waals surface area (Å²) in [7, 11) is 0. The van der Waals surface area contributed by atoms with E-state index >= 15 is 0 Å². The summed E-state index contributed by atoms with van der Waals surface area (Å²) in [5, 5.41) is 3.83. The molecule has 0 unspecified atom stereocenters. The second-order valence-corrected chi connectivity index (χ2v) is 7.52. The molecule has 2 aromatic heterocycles. The molecule has 4 rings (SSSR count). The van der Waals surface area contributed by atoms with E-state index in [1.165, 1.54) is 0 Å². The first kappa shape index (κ1) is 16.3. The van der Waals surface area contributed by atoms with Crippen LogP contribution in [0.1, 0.15) is 12.8 Å². The Hall–Kier alpha value is -2.18. The van der Waals surface area contributed by atoms with Gasteiger partial charge in [-0.3, -0.25) is 4.79 Å². The number of primary amides is 1. The van der Waals surface area contributed by atoms with Gasteiger partial charge >= 0.3 is 0 Å². The molecule has 128 valence electrons. The summed E-state index contributed by atoms with van der Waals surface area (Å²) in [5.41, 5.74) is 7.70. The zero-order valence-corrected chi connectivity index (χ0v) is 15.1. The number of rotatable bonds is 3. The van der Waals surface area contributed by atoms with Crippen LogP contribution >= 0.6 is 22.9 Å². The molecule has 1 atom stereocenters. The Morgan fingerprint density at radius 2 is 2.08 bits per heavy atom. The summed E-state index contributed by atoms with van der Waals surface area (Å²) in [6.07, 6.45) is 3.36. The van der Waals surface area contributed by atoms with E-state index in [0.717, 1.165) is 46.5 Å². The van der Waals surface area contributed by atoms with E-state index in [4.69, 9.17) is 17.3 Å². The number of amides is 1. The van der Waals surface area contributed by atoms with Crippen LogP contribution in [0.2, 0.25) is 5.02 Å². The van der Waals surface area contributed by atoms with Gasteiger partial charge in [-0.1, -0.05) is 23.7 Å². The number of carbonyl (C=O) groups excluding carboxylic acids is 1. The standard InChI is InChI=1S/C18H17ClN4OS/c19-13-5-3-11(4-6-13)14-9-25-18-15(14)17(21-10-22-18)23-7-1-2-12(8-23)16(20)24/h3-6,9-10,12H,1-2,7-8H2,(H2,20,24)/t12-/m1/s1. The van der Waals surface area contributed by atoms with Crippen LogP contribution < -0.4 is 10.6 Å². The minimum absolute atomic E-state index is 0.128. The van der Waals surface area contributed by atoms with Crippen LogP contribution in [-0.4, -0.2) is 29.0 Å². The molecule has 25 heavy (non-hydrogen) atoms. The Morgan fingerprint density at radius 1 is 1.28 bits per heavy atom. The number of hydrogen-bond acceptors (Lipinski definition) is 5. The first-order chi connectivity index (χ1) is 12.1. The van der Waals surface area contributed by atoms with Gasteiger partial charge in [0.1, 0.15) is 17.0 Å². The number of hydrogen-bond donors (Lipinski definition) is 1. The summed E-state index contributed by atoms with van der Waals surface area (Å²) in [4.78, 5) is 23.7. The summed E-state index contributed by atoms with van der Waals surface area (Å²) in [6, 6.07) is 7.77. The molecule has 1 aliphatic rings. The highest BCUT2D eigenvalue weighted by atomic mass is 35.5. The normalized spacial score (nSPS) is 17.8. The van der Waals surface area contributed by atoms with E-state index in [1.807, 2.05) is 24.3 Å². The van der Waals surface area contributed by atoms with Crippen molar-refractivity contribution in [1.82, 2.24) is 9.97 Å². The van der Waals surface area contributed by atoms with Crippen LogP contribution in [0.25, 0.3) is 21.3 Å². The van der Waals surface area contributed by atoms with Crippen LogP contribution in [0.4, 0.5) is 5.82 Å². The number of halogens is 1. The van der Waals surface area contributed by atoms with Gasteiger partial charge in [0, 0.05) is 29.1 Å². The van der Waals surface area contributed by atoms with E-state index in [1.54, 1.807) is 17.7 Å². The van der Waals surface area contributed by atoms with Gasteiger partial charge in [0.05, 0.1) is 11.3 Å². The van der Waals surface area contributed by atoms with Crippen molar-refractivity contribution in [3.8, 4) is 11.1 Å². The molecule has 5 nitrogen and oxygen atoms in total. The molecule has 0 aliphatic carbocycles. The minimum Gasteiger partial charge on any atom is -0.369 e. The maximum absolute atomic E-state index is 11.6. The van der Waals surface area contributed by atoms with Gasteiger partial charge in [-0.25, -0.2) is 9.97 Å². The quantitative estimate of drug-likeness (QED) is 0.760. The molecular formula is C18H17ClN4OS. The van der Waals surface area contributed by atoms with Gasteiger partial charge < -0.3 is 10.6 Å². The predicted molar refractivity (Wildman–Crippen MR) is 102 cm³/mol. The first-order valence-electron chi connectivity index (χ1n) is 8.16. The van der Waals surface area contributed by atoms with Crippen molar-refractivity contribution in [1.29, 1.82) is 0 Å². The number of carbonyl (C=O) groups is 1. The lowest BCUT2D eigenvalue weighted by atomic mass is 9.97. The topological polar surface area (TPSA) is 72.1 Å². The number of thiophene rings is 1. The largest absolute Gasteiger partial charge is 0.369 e. The summed E-state index contributed by atoms with van der Waals surface area (Å²) >= 11 is 7.61. The molecule has 0 saturated carbocycles. The molecule has 2 N–H and O–H groups in total. The number of nitrogens with two attached hydrogens (primary N) is 1. The third-order valence-corrected chi connectivity index (χ3v) is 5.77. The Morgan fingerprint density at radius 3 is 2.84 bits per heavy atom. The highest BCUT2D eigenvalue weighted by Crippen LogP contribution is 2.39. The molecule has 3 aromatic rings. The second kappa shape index (κ2) is 6.61. The van der Waals surface area contributed by atoms with Crippen molar-refractivity contribution in [2.24, 2.45) is 11.7 Å². The van der Waals surface area contributed by atoms with Crippen molar-refractivity contribution in [2.75, 3.05) is 18.0 Å². The molecule has 0 bridgehead atoms. The van der Waals surface area contributed by atoms with Gasteiger partial charge in [-0.05, 0) is 30.5 Å². The molecule has 7 heteroatoms. The second-order valence-electron chi connectivity index (χ2n) is 6.22. The number of anilines is 1. The van der Waals surface area contributed by atoms with Gasteiger partial charge in [0.15, 0.2) is 0 Å². The average Bonchev–Trinajstić information content (AvgIpc) is 3.06. The predicted octanol–water partition coefficient (Wildman–Crippen LogP) is 3.71. The van der Waals surface area contributed by atoms with Crippen LogP contribution in [0, 0.1) is 5.92 Å². The third-order valence-electron chi connectivity index (χ3n) is 4.63. The van der Waals surface area contributed by atoms with E-state index in [9.17, 15) is 4.79 Å². The Labute approximate surface area is 154 Å². The summed E-state index contributed by atoms with van der Waals surface area (Å²) in [6.45, 7) is 1.48. The summed E-state index contributed by atoms with van der Waals surface area (Å²) in [5.74, 6) is 0.511. The molecule has 3 heterocycles. The van der Waals surface area contributed by atoms with Crippen LogP contribution in [-0.2, 0) is 4.79 Å². The SMILES string of the molecule is NC(=O)[C@@H]1CCCN(c2ncnc3scc(-c4ccc(Cl)cc4)c23)C1. The lowest BCUT2D eigenvalue weighted by molar-refractivity contribution is -0.122. The summed E-state index contributed by atoms with van der Waals surface area (Å²) < 4.78 is 0. The highest BCUT2D eigenvalue weighted by Gasteiger charge is 2.27. The lowest BCUT2D eigenvalue weighted by Crippen LogP contribution is -2.41. The number of aromatic nitrogens is 2. The zero-order chi connectivity index (χ0) is 17.4. The monoisotopic (exact) mass is 372 g/mol. The van der Waals surface area contributed by atoms with Crippen molar-refractivity contribution in [3.63, 3.8) is 0 Å². The molecule has 1 aliphatic heterocycles. The molecular weight excluding hydrogens is 356 g/mol. The number of benzene rings is 1. The van der Waals surface area contributed by atoms with E-state index in [0.29, 0.717) is 11.6 Å². The maximum Gasteiger partial charge on any atom is 0.222 e. The smallest absolute Gasteiger partial charge is 0.222 e. The first-order valence-corrected chi connectivity index (χ1v) is 9.41. The average molecular weight is 373 g/mol. The van der Waals surface area contributed by atoms with Crippen molar-refractivity contribution >= 4 is 44.9 Å². The van der Waals surface area contributed by atoms with Gasteiger partial charge in [0.2, 0.25) is 5.91 Å². The van der Waals surface area contributed by atoms with Crippen molar-refractivity contribution in [3.05, 3.63) is 41.0 Å². The fraction of sp³-hybridized carbons (Fsp3) is 0.278. The molecule has 0 radical (unpaired) electrons. The van der Waals surface area contributed by atoms with Crippen molar-refractivity contribution in [2.45, 2.75) is 12.8 Å². The minimum atomic E-state index is -0.238. The number of piperidine rings is 1. The Balaban J connectivity index is 1.80. The maximum atomic E-state index is 11.6. The molecule has 1 fully saturated rings. The van der Waals surface area contributed by atoms with Gasteiger partial charge in [-0.15, -0.1) is 11.3 Å². The number of fused-ring (bicyclic) bond motifs is 1. The Kier molecular flexibility index (Phi) is 4.31. The fourth-order valence-electron chi connectivity index (χ4n) is 3.34. The molecule has 1 amide bonds. The van der Waals surface area contributed by atoms with E-state index in [-0.39, 0.29) is 11.8 Å². The zero-order valence-electron chi connectivity index (χ0n) is 13.5. The number of nitrogens with zero attached hydrogens (tertiary/aromatic N) is 3. The molecule has 0 spiro atoms. The van der Waals surface area contributed by atoms with Crippen LogP contribution in [0.5, 0.6) is 0 Å². The van der Waals surface area contributed by atoms with E-state index in [2.05, 4.69) is 20.2 Å². The van der Waals surface area contributed by atoms with E-state index < -0.39 is 0 Å². The van der Waals surface area contributed by atoms with Gasteiger partial charge in [-0.2, -0.15) is 0 Å². The lowest BCUT2D eigenvalue weighted by Gasteiger charge is -2.32. The third kappa shape index (κ3) is 3.07. The molecule has 1 saturated heterocycles. The van der Waals surface area contributed by atoms with Crippen molar-refractivity contribution < 1.29 is 4.79 Å². The Bertz CT molecular complexity index is 924. The fourth-order valence-corrected chi connectivity index (χ4v) is 4.38.